The summed E-state index contributed by atoms with van der Waals surface area (Å²) in [4.78, 5) is 0. The molecule has 6 rings (SSSR count). The Morgan fingerprint density at radius 1 is 1.03 bits per heavy atom. The molecule has 184 valence electrons. The lowest BCUT2D eigenvalue weighted by atomic mass is 9.86. The minimum atomic E-state index is 0.0552. The highest BCUT2D eigenvalue weighted by molar-refractivity contribution is 5.71. The molecule has 3 aromatic rings. The SMILES string of the molecule is Cc1cc(-c2cnn(C3CCCCO3)c2)ccc1-c1ccc(OC2C[C@]3(C)CC[C@](C)(C2)N3)nn1. The zero-order valence-electron chi connectivity index (χ0n) is 21.0. The monoisotopic (exact) mass is 473 g/mol. The Balaban J connectivity index is 1.15. The number of aryl methyl sites for hydroxylation is 1. The first kappa shape index (κ1) is 22.7. The molecule has 3 saturated heterocycles. The Labute approximate surface area is 207 Å². The van der Waals surface area contributed by atoms with Crippen molar-refractivity contribution in [3.05, 3.63) is 48.3 Å². The van der Waals surface area contributed by atoms with Crippen LogP contribution in [0.25, 0.3) is 22.4 Å². The van der Waals surface area contributed by atoms with E-state index in [2.05, 4.69) is 65.8 Å². The van der Waals surface area contributed by atoms with Crippen LogP contribution in [-0.2, 0) is 4.74 Å². The number of hydrogen-bond donors (Lipinski definition) is 1. The van der Waals surface area contributed by atoms with Crippen molar-refractivity contribution >= 4 is 0 Å². The van der Waals surface area contributed by atoms with E-state index in [1.54, 1.807) is 0 Å². The molecule has 7 nitrogen and oxygen atoms in total. The first-order chi connectivity index (χ1) is 16.9. The molecule has 0 aliphatic carbocycles. The Kier molecular flexibility index (Phi) is 5.65. The molecule has 5 heterocycles. The maximum Gasteiger partial charge on any atom is 0.233 e. The molecule has 3 aliphatic rings. The second-order valence-corrected chi connectivity index (χ2v) is 11.2. The Hall–Kier alpha value is -2.77. The van der Waals surface area contributed by atoms with Gasteiger partial charge in [0.05, 0.1) is 11.9 Å². The molecule has 35 heavy (non-hydrogen) atoms. The quantitative estimate of drug-likeness (QED) is 0.531. The van der Waals surface area contributed by atoms with Crippen LogP contribution in [0.3, 0.4) is 0 Å². The molecule has 2 bridgehead atoms. The summed E-state index contributed by atoms with van der Waals surface area (Å²) in [7, 11) is 0. The van der Waals surface area contributed by atoms with E-state index in [0.29, 0.717) is 5.88 Å². The third kappa shape index (κ3) is 4.59. The lowest BCUT2D eigenvalue weighted by molar-refractivity contribution is -0.0394. The van der Waals surface area contributed by atoms with Gasteiger partial charge in [-0.25, -0.2) is 4.68 Å². The molecule has 3 aliphatic heterocycles. The number of nitrogens with one attached hydrogen (secondary N) is 1. The summed E-state index contributed by atoms with van der Waals surface area (Å²) in [6.45, 7) is 7.55. The van der Waals surface area contributed by atoms with Gasteiger partial charge >= 0.3 is 0 Å². The largest absolute Gasteiger partial charge is 0.473 e. The van der Waals surface area contributed by atoms with Gasteiger partial charge in [-0.2, -0.15) is 5.10 Å². The molecule has 2 unspecified atom stereocenters. The van der Waals surface area contributed by atoms with Gasteiger partial charge in [-0.3, -0.25) is 0 Å². The van der Waals surface area contributed by atoms with E-state index in [1.165, 1.54) is 19.3 Å². The fourth-order valence-electron chi connectivity index (χ4n) is 6.28. The van der Waals surface area contributed by atoms with Gasteiger partial charge in [0.25, 0.3) is 0 Å². The number of fused-ring (bicyclic) bond motifs is 2. The van der Waals surface area contributed by atoms with E-state index in [-0.39, 0.29) is 23.4 Å². The highest BCUT2D eigenvalue weighted by Gasteiger charge is 2.49. The Bertz CT molecular complexity index is 1180. The van der Waals surface area contributed by atoms with Gasteiger partial charge < -0.3 is 14.8 Å². The summed E-state index contributed by atoms with van der Waals surface area (Å²) in [6, 6.07) is 10.4. The lowest BCUT2D eigenvalue weighted by Gasteiger charge is -2.41. The minimum absolute atomic E-state index is 0.0552. The molecule has 7 heteroatoms. The molecule has 4 atom stereocenters. The van der Waals surface area contributed by atoms with Gasteiger partial charge in [0.1, 0.15) is 12.3 Å². The summed E-state index contributed by atoms with van der Waals surface area (Å²) in [5, 5.41) is 17.3. The van der Waals surface area contributed by atoms with Crippen LogP contribution in [-0.4, -0.2) is 43.8 Å². The van der Waals surface area contributed by atoms with E-state index in [0.717, 1.165) is 60.2 Å². The van der Waals surface area contributed by atoms with Crippen molar-refractivity contribution in [3.8, 4) is 28.3 Å². The fraction of sp³-hybridized carbons (Fsp3) is 0.536. The predicted octanol–water partition coefficient (Wildman–Crippen LogP) is 5.46. The number of hydrogen-bond acceptors (Lipinski definition) is 6. The van der Waals surface area contributed by atoms with Crippen LogP contribution in [0.5, 0.6) is 5.88 Å². The average Bonchev–Trinajstić information content (AvgIpc) is 3.42. The Morgan fingerprint density at radius 3 is 2.54 bits per heavy atom. The minimum Gasteiger partial charge on any atom is -0.473 e. The summed E-state index contributed by atoms with van der Waals surface area (Å²) in [5.41, 5.74) is 5.68. The van der Waals surface area contributed by atoms with Crippen LogP contribution in [0, 0.1) is 6.92 Å². The number of piperidine rings is 1. The maximum absolute atomic E-state index is 6.28. The van der Waals surface area contributed by atoms with Crippen molar-refractivity contribution in [1.82, 2.24) is 25.3 Å². The molecule has 3 fully saturated rings. The van der Waals surface area contributed by atoms with Gasteiger partial charge in [0.2, 0.25) is 5.88 Å². The van der Waals surface area contributed by atoms with E-state index in [9.17, 15) is 0 Å². The standard InChI is InChI=1S/C28H35N5O2/c1-19-14-20(21-17-29-33(18-21)26-6-4-5-13-34-26)7-8-23(19)24-9-10-25(31-30-24)35-22-15-27(2)11-12-28(3,16-22)32-27/h7-10,14,17-18,22,26,32H,4-6,11-13,15-16H2,1-3H3/t22?,26?,27-,28+. The summed E-state index contributed by atoms with van der Waals surface area (Å²) in [6.07, 6.45) is 12.0. The molecule has 1 N–H and O–H groups in total. The zero-order chi connectivity index (χ0) is 24.0. The lowest BCUT2D eigenvalue weighted by Crippen LogP contribution is -2.56. The molecule has 0 spiro atoms. The average molecular weight is 474 g/mol. The van der Waals surface area contributed by atoms with Crippen molar-refractivity contribution in [1.29, 1.82) is 0 Å². The van der Waals surface area contributed by atoms with E-state index < -0.39 is 0 Å². The van der Waals surface area contributed by atoms with Crippen LogP contribution < -0.4 is 10.1 Å². The number of ether oxygens (including phenoxy) is 2. The van der Waals surface area contributed by atoms with Crippen LogP contribution in [0.4, 0.5) is 0 Å². The van der Waals surface area contributed by atoms with Gasteiger partial charge in [0, 0.05) is 53.9 Å². The van der Waals surface area contributed by atoms with Crippen molar-refractivity contribution in [3.63, 3.8) is 0 Å². The highest BCUT2D eigenvalue weighted by atomic mass is 16.5. The summed E-state index contributed by atoms with van der Waals surface area (Å²) < 4.78 is 14.1. The zero-order valence-corrected chi connectivity index (χ0v) is 21.0. The third-order valence-corrected chi connectivity index (χ3v) is 8.00. The highest BCUT2D eigenvalue weighted by Crippen LogP contribution is 2.43. The molecule has 0 amide bonds. The summed E-state index contributed by atoms with van der Waals surface area (Å²) in [5.74, 6) is 0.610. The molecular weight excluding hydrogens is 438 g/mol. The van der Waals surface area contributed by atoms with Crippen molar-refractivity contribution in [2.24, 2.45) is 0 Å². The first-order valence-corrected chi connectivity index (χ1v) is 13.0. The maximum atomic E-state index is 6.28. The Morgan fingerprint density at radius 2 is 1.86 bits per heavy atom. The number of rotatable bonds is 5. The topological polar surface area (TPSA) is 74.1 Å². The van der Waals surface area contributed by atoms with Gasteiger partial charge in [0.15, 0.2) is 0 Å². The molecule has 1 aromatic carbocycles. The molecular formula is C28H35N5O2. The van der Waals surface area contributed by atoms with Crippen LogP contribution in [0.1, 0.15) is 70.6 Å². The summed E-state index contributed by atoms with van der Waals surface area (Å²) >= 11 is 0. The van der Waals surface area contributed by atoms with Crippen molar-refractivity contribution < 1.29 is 9.47 Å². The van der Waals surface area contributed by atoms with Gasteiger partial charge in [-0.15, -0.1) is 10.2 Å². The predicted molar refractivity (Wildman–Crippen MR) is 135 cm³/mol. The number of aromatic nitrogens is 4. The second-order valence-electron chi connectivity index (χ2n) is 11.2. The van der Waals surface area contributed by atoms with E-state index in [4.69, 9.17) is 9.47 Å². The van der Waals surface area contributed by atoms with Crippen molar-refractivity contribution in [2.75, 3.05) is 6.61 Å². The molecule has 0 saturated carbocycles. The third-order valence-electron chi connectivity index (χ3n) is 8.00. The van der Waals surface area contributed by atoms with Crippen molar-refractivity contribution in [2.45, 2.75) is 89.1 Å². The smallest absolute Gasteiger partial charge is 0.233 e. The van der Waals surface area contributed by atoms with Crippen LogP contribution in [0.2, 0.25) is 0 Å². The first-order valence-electron chi connectivity index (χ1n) is 13.0. The van der Waals surface area contributed by atoms with E-state index >= 15 is 0 Å². The molecule has 2 aromatic heterocycles. The number of nitrogens with zero attached hydrogens (tertiary/aromatic N) is 4. The van der Waals surface area contributed by atoms with Crippen LogP contribution >= 0.6 is 0 Å². The number of benzene rings is 1. The van der Waals surface area contributed by atoms with Gasteiger partial charge in [-0.05, 0) is 70.1 Å². The van der Waals surface area contributed by atoms with Gasteiger partial charge in [-0.1, -0.05) is 18.2 Å². The normalized spacial score (nSPS) is 30.4. The fourth-order valence-corrected chi connectivity index (χ4v) is 6.28. The molecule has 0 radical (unpaired) electrons. The van der Waals surface area contributed by atoms with E-state index in [1.807, 2.05) is 23.0 Å². The second kappa shape index (κ2) is 8.71. The van der Waals surface area contributed by atoms with Crippen LogP contribution in [0.15, 0.2) is 42.7 Å².